The van der Waals surface area contributed by atoms with Crippen LogP contribution in [0.15, 0.2) is 36.4 Å². The number of nitrogens with two attached hydrogens (primary N) is 1. The fourth-order valence-corrected chi connectivity index (χ4v) is 5.30. The Morgan fingerprint density at radius 1 is 1.27 bits per heavy atom. The summed E-state index contributed by atoms with van der Waals surface area (Å²) in [5.74, 6) is 0.717. The van der Waals surface area contributed by atoms with Crippen LogP contribution in [0.25, 0.3) is 10.2 Å². The maximum absolute atomic E-state index is 12.6. The molecule has 3 heterocycles. The standard InChI is InChI=1S/C24H30N4OS/c1-3-4-18-12-14-28(15-18)19-8-6-17(7-9-19)11-13-26-23(29)22-21(25)20-10-5-16(2)27-24(20)30-22/h5-10,18H,3-4,11-15,25H2,1-2H3,(H,26,29)/t18-/m1/s1. The van der Waals surface area contributed by atoms with Gasteiger partial charge in [0, 0.05) is 36.4 Å². The molecule has 3 N–H and O–H groups in total. The molecule has 158 valence electrons. The lowest BCUT2D eigenvalue weighted by Crippen LogP contribution is -2.25. The van der Waals surface area contributed by atoms with E-state index in [0.717, 1.165) is 34.8 Å². The number of amides is 1. The highest BCUT2D eigenvalue weighted by Gasteiger charge is 2.21. The van der Waals surface area contributed by atoms with Gasteiger partial charge in [0.25, 0.3) is 5.91 Å². The van der Waals surface area contributed by atoms with Gasteiger partial charge in [-0.1, -0.05) is 25.5 Å². The summed E-state index contributed by atoms with van der Waals surface area (Å²) in [6.07, 6.45) is 4.70. The van der Waals surface area contributed by atoms with Gasteiger partial charge in [0.15, 0.2) is 0 Å². The third-order valence-corrected chi connectivity index (χ3v) is 7.04. The van der Waals surface area contributed by atoms with Crippen molar-refractivity contribution in [2.24, 2.45) is 5.92 Å². The average molecular weight is 423 g/mol. The molecular formula is C24H30N4OS. The number of aromatic nitrogens is 1. The second-order valence-electron chi connectivity index (χ2n) is 8.21. The van der Waals surface area contributed by atoms with E-state index in [9.17, 15) is 4.79 Å². The number of hydrogen-bond acceptors (Lipinski definition) is 5. The lowest BCUT2D eigenvalue weighted by atomic mass is 10.0. The van der Waals surface area contributed by atoms with Gasteiger partial charge in [-0.2, -0.15) is 0 Å². The normalized spacial score (nSPS) is 16.3. The van der Waals surface area contributed by atoms with E-state index in [4.69, 9.17) is 5.73 Å². The zero-order valence-electron chi connectivity index (χ0n) is 17.8. The molecule has 6 heteroatoms. The third kappa shape index (κ3) is 4.43. The molecular weight excluding hydrogens is 392 g/mol. The molecule has 5 nitrogen and oxygen atoms in total. The molecule has 1 aliphatic heterocycles. The predicted molar refractivity (Wildman–Crippen MR) is 126 cm³/mol. The minimum absolute atomic E-state index is 0.121. The maximum Gasteiger partial charge on any atom is 0.263 e. The van der Waals surface area contributed by atoms with Crippen molar-refractivity contribution in [3.63, 3.8) is 0 Å². The summed E-state index contributed by atoms with van der Waals surface area (Å²) in [7, 11) is 0. The number of benzene rings is 1. The zero-order chi connectivity index (χ0) is 21.1. The summed E-state index contributed by atoms with van der Waals surface area (Å²) in [5, 5.41) is 3.86. The van der Waals surface area contributed by atoms with Crippen molar-refractivity contribution in [3.05, 3.63) is 52.5 Å². The molecule has 0 saturated carbocycles. The van der Waals surface area contributed by atoms with Crippen molar-refractivity contribution >= 4 is 38.8 Å². The Morgan fingerprint density at radius 2 is 2.07 bits per heavy atom. The molecule has 3 aromatic rings. The average Bonchev–Trinajstić information content (AvgIpc) is 3.33. The summed E-state index contributed by atoms with van der Waals surface area (Å²) in [6.45, 7) is 7.12. The molecule has 30 heavy (non-hydrogen) atoms. The number of hydrogen-bond donors (Lipinski definition) is 2. The molecule has 0 bridgehead atoms. The highest BCUT2D eigenvalue weighted by atomic mass is 32.1. The van der Waals surface area contributed by atoms with Crippen molar-refractivity contribution in [2.45, 2.75) is 39.5 Å². The van der Waals surface area contributed by atoms with E-state index in [-0.39, 0.29) is 5.91 Å². The number of fused-ring (bicyclic) bond motifs is 1. The van der Waals surface area contributed by atoms with Crippen LogP contribution in [0.4, 0.5) is 11.4 Å². The minimum Gasteiger partial charge on any atom is -0.397 e. The van der Waals surface area contributed by atoms with E-state index in [1.807, 2.05) is 19.1 Å². The quantitative estimate of drug-likeness (QED) is 0.574. The first-order chi connectivity index (χ1) is 14.5. The highest BCUT2D eigenvalue weighted by molar-refractivity contribution is 7.21. The third-order valence-electron chi connectivity index (χ3n) is 5.92. The van der Waals surface area contributed by atoms with Gasteiger partial charge in [0.1, 0.15) is 9.71 Å². The summed E-state index contributed by atoms with van der Waals surface area (Å²) >= 11 is 1.36. The molecule has 1 fully saturated rings. The molecule has 1 aromatic carbocycles. The second kappa shape index (κ2) is 9.04. The summed E-state index contributed by atoms with van der Waals surface area (Å²) < 4.78 is 0. The molecule has 4 rings (SSSR count). The van der Waals surface area contributed by atoms with E-state index < -0.39 is 0 Å². The molecule has 2 aromatic heterocycles. The Balaban J connectivity index is 1.31. The molecule has 0 radical (unpaired) electrons. The van der Waals surface area contributed by atoms with E-state index in [0.29, 0.717) is 17.1 Å². The topological polar surface area (TPSA) is 71.2 Å². The monoisotopic (exact) mass is 422 g/mol. The Morgan fingerprint density at radius 3 is 2.83 bits per heavy atom. The van der Waals surface area contributed by atoms with Crippen LogP contribution in [0.5, 0.6) is 0 Å². The van der Waals surface area contributed by atoms with Gasteiger partial charge in [-0.05, 0) is 61.9 Å². The van der Waals surface area contributed by atoms with Gasteiger partial charge in [-0.15, -0.1) is 11.3 Å². The molecule has 1 aliphatic rings. The van der Waals surface area contributed by atoms with Crippen molar-refractivity contribution < 1.29 is 4.79 Å². The van der Waals surface area contributed by atoms with E-state index in [1.165, 1.54) is 48.4 Å². The molecule has 0 spiro atoms. The number of nitrogens with zero attached hydrogens (tertiary/aromatic N) is 2. The van der Waals surface area contributed by atoms with Crippen LogP contribution in [0.3, 0.4) is 0 Å². The number of anilines is 2. The Bertz CT molecular complexity index is 1030. The van der Waals surface area contributed by atoms with Crippen molar-refractivity contribution in [2.75, 3.05) is 30.3 Å². The summed E-state index contributed by atoms with van der Waals surface area (Å²) in [4.78, 5) is 20.9. The molecule has 1 atom stereocenters. The van der Waals surface area contributed by atoms with Crippen molar-refractivity contribution in [3.8, 4) is 0 Å². The smallest absolute Gasteiger partial charge is 0.263 e. The van der Waals surface area contributed by atoms with Crippen molar-refractivity contribution in [1.82, 2.24) is 10.3 Å². The number of carbonyl (C=O) groups is 1. The largest absolute Gasteiger partial charge is 0.397 e. The lowest BCUT2D eigenvalue weighted by molar-refractivity contribution is 0.0959. The van der Waals surface area contributed by atoms with Crippen LogP contribution in [-0.4, -0.2) is 30.5 Å². The lowest BCUT2D eigenvalue weighted by Gasteiger charge is -2.19. The van der Waals surface area contributed by atoms with Crippen LogP contribution >= 0.6 is 11.3 Å². The second-order valence-corrected chi connectivity index (χ2v) is 9.21. The zero-order valence-corrected chi connectivity index (χ0v) is 18.6. The number of carbonyl (C=O) groups excluding carboxylic acids is 1. The van der Waals surface area contributed by atoms with Crippen molar-refractivity contribution in [1.29, 1.82) is 0 Å². The van der Waals surface area contributed by atoms with Crippen LogP contribution < -0.4 is 16.0 Å². The number of aryl methyl sites for hydroxylation is 1. The first-order valence-corrected chi connectivity index (χ1v) is 11.6. The van der Waals surface area contributed by atoms with E-state index in [1.54, 1.807) is 0 Å². The summed E-state index contributed by atoms with van der Waals surface area (Å²) in [5.41, 5.74) is 10.2. The number of rotatable bonds is 7. The number of thiophene rings is 1. The number of nitrogens with one attached hydrogen (secondary N) is 1. The van der Waals surface area contributed by atoms with Crippen LogP contribution in [0, 0.1) is 12.8 Å². The van der Waals surface area contributed by atoms with Crippen LogP contribution in [0.1, 0.15) is 47.1 Å². The van der Waals surface area contributed by atoms with Gasteiger partial charge >= 0.3 is 0 Å². The highest BCUT2D eigenvalue weighted by Crippen LogP contribution is 2.32. The van der Waals surface area contributed by atoms with E-state index >= 15 is 0 Å². The number of pyridine rings is 1. The Labute approximate surface area is 182 Å². The molecule has 0 unspecified atom stereocenters. The Hall–Kier alpha value is -2.60. The first-order valence-electron chi connectivity index (χ1n) is 10.8. The SMILES string of the molecule is CCC[C@@H]1CCN(c2ccc(CCNC(=O)c3sc4nc(C)ccc4c3N)cc2)C1. The van der Waals surface area contributed by atoms with Crippen LogP contribution in [0.2, 0.25) is 0 Å². The Kier molecular flexibility index (Phi) is 6.23. The van der Waals surface area contributed by atoms with Gasteiger partial charge in [0.05, 0.1) is 5.69 Å². The summed E-state index contributed by atoms with van der Waals surface area (Å²) in [6, 6.07) is 12.6. The molecule has 1 amide bonds. The minimum atomic E-state index is -0.121. The number of nitrogen functional groups attached to an aromatic ring is 1. The fraction of sp³-hybridized carbons (Fsp3) is 0.417. The van der Waals surface area contributed by atoms with Crippen LogP contribution in [-0.2, 0) is 6.42 Å². The maximum atomic E-state index is 12.6. The van der Waals surface area contributed by atoms with Gasteiger partial charge in [-0.25, -0.2) is 4.98 Å². The fourth-order valence-electron chi connectivity index (χ4n) is 4.24. The van der Waals surface area contributed by atoms with Gasteiger partial charge < -0.3 is 16.0 Å². The molecule has 0 aliphatic carbocycles. The molecule has 1 saturated heterocycles. The van der Waals surface area contributed by atoms with E-state index in [2.05, 4.69) is 46.4 Å². The van der Waals surface area contributed by atoms with Gasteiger partial charge in [-0.3, -0.25) is 4.79 Å². The predicted octanol–water partition coefficient (Wildman–Crippen LogP) is 4.79. The van der Waals surface area contributed by atoms with Gasteiger partial charge in [0.2, 0.25) is 0 Å². The first kappa shape index (κ1) is 20.7.